The third-order valence-corrected chi connectivity index (χ3v) is 11.3. The molecule has 0 aromatic carbocycles. The summed E-state index contributed by atoms with van der Waals surface area (Å²) in [6, 6.07) is 0. The highest BCUT2D eigenvalue weighted by atomic mass is 31.2. The third kappa shape index (κ3) is 5.91. The Morgan fingerprint density at radius 2 is 0.875 bits per heavy atom. The van der Waals surface area contributed by atoms with E-state index in [9.17, 15) is 38.3 Å². The molecule has 0 aromatic heterocycles. The number of esters is 2. The number of ether oxygens (including phenoxy) is 2. The lowest BCUT2D eigenvalue weighted by atomic mass is 9.85. The Morgan fingerprint density at radius 1 is 0.656 bits per heavy atom. The van der Waals surface area contributed by atoms with Crippen LogP contribution in [0, 0.1) is 0 Å². The monoisotopic (exact) mass is 500 g/mol. The zero-order chi connectivity index (χ0) is 25.8. The van der Waals surface area contributed by atoms with E-state index in [4.69, 9.17) is 9.47 Å². The minimum absolute atomic E-state index is 0.0481. The van der Waals surface area contributed by atoms with E-state index in [1.807, 2.05) is 0 Å². The lowest BCUT2D eigenvalue weighted by Gasteiger charge is -2.45. The Labute approximate surface area is 190 Å². The SMILES string of the molecule is CCC(CC)(C(C)(C)OC(=O)/C=C/C(=O)OC(C)(C)C(CC)(CC)P(=O)(O)O)P(=O)(O)O. The summed E-state index contributed by atoms with van der Waals surface area (Å²) in [4.78, 5) is 64.1. The molecule has 0 atom stereocenters. The molecule has 0 unspecified atom stereocenters. The van der Waals surface area contributed by atoms with E-state index in [0.717, 1.165) is 12.2 Å². The quantitative estimate of drug-likeness (QED) is 0.176. The van der Waals surface area contributed by atoms with Gasteiger partial charge in [-0.05, 0) is 53.4 Å². The van der Waals surface area contributed by atoms with Crippen molar-refractivity contribution in [2.45, 2.75) is 103 Å². The van der Waals surface area contributed by atoms with Crippen LogP contribution in [-0.2, 0) is 28.2 Å². The summed E-state index contributed by atoms with van der Waals surface area (Å²) < 4.78 is 34.9. The first-order chi connectivity index (χ1) is 14.2. The Bertz CT molecular complexity index is 729. The fourth-order valence-corrected chi connectivity index (χ4v) is 7.77. The van der Waals surface area contributed by atoms with Gasteiger partial charge in [-0.3, -0.25) is 9.13 Å². The summed E-state index contributed by atoms with van der Waals surface area (Å²) >= 11 is 0. The van der Waals surface area contributed by atoms with Crippen LogP contribution in [0.2, 0.25) is 0 Å². The van der Waals surface area contributed by atoms with Gasteiger partial charge in [-0.2, -0.15) is 0 Å². The number of hydrogen-bond donors (Lipinski definition) is 4. The lowest BCUT2D eigenvalue weighted by Crippen LogP contribution is -2.52. The summed E-state index contributed by atoms with van der Waals surface area (Å²) in [5, 5.41) is -3.23. The van der Waals surface area contributed by atoms with Gasteiger partial charge in [-0.15, -0.1) is 0 Å². The lowest BCUT2D eigenvalue weighted by molar-refractivity contribution is -0.157. The number of carbonyl (C=O) groups is 2. The molecule has 32 heavy (non-hydrogen) atoms. The van der Waals surface area contributed by atoms with Gasteiger partial charge < -0.3 is 29.0 Å². The standard InChI is InChI=1S/C20H38O10P2/c1-9-19(10-2,31(23,24)25)17(5,6)29-15(21)13-14-16(22)30-18(7,8)20(11-3,12-4)32(26,27)28/h13-14H,9-12H2,1-8H3,(H2,23,24,25)(H2,26,27,28)/b14-13+. The summed E-state index contributed by atoms with van der Waals surface area (Å²) in [6.45, 7) is 11.9. The largest absolute Gasteiger partial charge is 0.455 e. The molecule has 0 bridgehead atoms. The molecular formula is C20H38O10P2. The van der Waals surface area contributed by atoms with Crippen LogP contribution in [0.4, 0.5) is 0 Å². The fraction of sp³-hybridized carbons (Fsp3) is 0.800. The van der Waals surface area contributed by atoms with E-state index in [-0.39, 0.29) is 25.7 Å². The van der Waals surface area contributed by atoms with Crippen LogP contribution in [0.25, 0.3) is 0 Å². The van der Waals surface area contributed by atoms with Crippen molar-refractivity contribution in [1.82, 2.24) is 0 Å². The number of carbonyl (C=O) groups excluding carboxylic acids is 2. The molecular weight excluding hydrogens is 462 g/mol. The number of hydrogen-bond acceptors (Lipinski definition) is 6. The van der Waals surface area contributed by atoms with Crippen molar-refractivity contribution in [1.29, 1.82) is 0 Å². The van der Waals surface area contributed by atoms with Crippen LogP contribution in [0.5, 0.6) is 0 Å². The van der Waals surface area contributed by atoms with E-state index in [2.05, 4.69) is 0 Å². The molecule has 0 fully saturated rings. The Hall–Kier alpha value is -1.02. The first-order valence-electron chi connectivity index (χ1n) is 10.5. The van der Waals surface area contributed by atoms with Crippen LogP contribution < -0.4 is 0 Å². The van der Waals surface area contributed by atoms with Gasteiger partial charge in [0.1, 0.15) is 21.5 Å². The molecule has 0 saturated heterocycles. The van der Waals surface area contributed by atoms with Crippen molar-refractivity contribution in [2.24, 2.45) is 0 Å². The summed E-state index contributed by atoms with van der Waals surface area (Å²) in [7, 11) is -9.32. The van der Waals surface area contributed by atoms with Gasteiger partial charge in [-0.25, -0.2) is 9.59 Å². The van der Waals surface area contributed by atoms with Crippen molar-refractivity contribution in [3.05, 3.63) is 12.2 Å². The van der Waals surface area contributed by atoms with Crippen molar-refractivity contribution in [3.63, 3.8) is 0 Å². The molecule has 0 aliphatic rings. The predicted molar refractivity (Wildman–Crippen MR) is 120 cm³/mol. The average Bonchev–Trinajstić information content (AvgIpc) is 2.59. The van der Waals surface area contributed by atoms with Gasteiger partial charge in [0.25, 0.3) is 0 Å². The zero-order valence-electron chi connectivity index (χ0n) is 20.1. The first-order valence-corrected chi connectivity index (χ1v) is 13.7. The third-order valence-electron chi connectivity index (χ3n) is 6.76. The summed E-state index contributed by atoms with van der Waals surface area (Å²) in [5.74, 6) is -2.03. The van der Waals surface area contributed by atoms with Crippen LogP contribution >= 0.6 is 15.2 Å². The van der Waals surface area contributed by atoms with Gasteiger partial charge in [0.05, 0.1) is 0 Å². The molecule has 0 aliphatic carbocycles. The molecule has 188 valence electrons. The van der Waals surface area contributed by atoms with Crippen LogP contribution in [0.3, 0.4) is 0 Å². The van der Waals surface area contributed by atoms with Crippen molar-refractivity contribution >= 4 is 27.1 Å². The summed E-state index contributed by atoms with van der Waals surface area (Å²) in [6.07, 6.45) is 1.71. The fourth-order valence-electron chi connectivity index (χ4n) is 4.63. The van der Waals surface area contributed by atoms with E-state index in [1.54, 1.807) is 27.7 Å². The maximum atomic E-state index is 12.3. The highest BCUT2D eigenvalue weighted by Gasteiger charge is 2.58. The minimum Gasteiger partial charge on any atom is -0.455 e. The molecule has 12 heteroatoms. The van der Waals surface area contributed by atoms with Gasteiger partial charge in [-0.1, -0.05) is 27.7 Å². The molecule has 4 N–H and O–H groups in total. The van der Waals surface area contributed by atoms with Gasteiger partial charge in [0.2, 0.25) is 0 Å². The smallest absolute Gasteiger partial charge is 0.335 e. The van der Waals surface area contributed by atoms with Crippen molar-refractivity contribution in [3.8, 4) is 0 Å². The molecule has 0 spiro atoms. The molecule has 0 saturated carbocycles. The maximum absolute atomic E-state index is 12.3. The first kappa shape index (κ1) is 31.0. The molecule has 0 radical (unpaired) electrons. The Kier molecular flexibility index (Phi) is 10.2. The Morgan fingerprint density at radius 3 is 1.03 bits per heavy atom. The van der Waals surface area contributed by atoms with Crippen LogP contribution in [0.1, 0.15) is 81.1 Å². The molecule has 10 nitrogen and oxygen atoms in total. The van der Waals surface area contributed by atoms with Crippen molar-refractivity contribution < 1.29 is 47.8 Å². The normalized spacial score (nSPS) is 14.5. The van der Waals surface area contributed by atoms with Gasteiger partial charge >= 0.3 is 27.1 Å². The predicted octanol–water partition coefficient (Wildman–Crippen LogP) is 3.66. The second-order valence-corrected chi connectivity index (χ2v) is 12.6. The second kappa shape index (κ2) is 10.5. The van der Waals surface area contributed by atoms with Crippen LogP contribution in [0.15, 0.2) is 12.2 Å². The van der Waals surface area contributed by atoms with E-state index in [1.165, 1.54) is 27.7 Å². The molecule has 0 aromatic rings. The Balaban J connectivity index is 5.66. The van der Waals surface area contributed by atoms with Crippen molar-refractivity contribution in [2.75, 3.05) is 0 Å². The highest BCUT2D eigenvalue weighted by molar-refractivity contribution is 7.54. The molecule has 0 amide bonds. The second-order valence-electron chi connectivity index (χ2n) is 8.76. The van der Waals surface area contributed by atoms with E-state index < -0.39 is 48.6 Å². The van der Waals surface area contributed by atoms with Gasteiger partial charge in [0.15, 0.2) is 0 Å². The minimum atomic E-state index is -4.66. The topological polar surface area (TPSA) is 168 Å². The molecule has 0 aliphatic heterocycles. The highest BCUT2D eigenvalue weighted by Crippen LogP contribution is 2.61. The summed E-state index contributed by atoms with van der Waals surface area (Å²) in [5.41, 5.74) is -3.11. The van der Waals surface area contributed by atoms with E-state index in [0.29, 0.717) is 0 Å². The van der Waals surface area contributed by atoms with E-state index >= 15 is 0 Å². The molecule has 0 heterocycles. The van der Waals surface area contributed by atoms with Crippen LogP contribution in [-0.4, -0.2) is 53.0 Å². The average molecular weight is 500 g/mol. The number of rotatable bonds is 12. The van der Waals surface area contributed by atoms with Gasteiger partial charge in [0, 0.05) is 12.2 Å². The maximum Gasteiger partial charge on any atom is 0.335 e. The molecule has 0 rings (SSSR count). The zero-order valence-corrected chi connectivity index (χ0v) is 21.9.